The lowest BCUT2D eigenvalue weighted by Gasteiger charge is -2.08. The van der Waals surface area contributed by atoms with E-state index in [1.807, 2.05) is 6.92 Å². The Morgan fingerprint density at radius 2 is 2.17 bits per heavy atom. The fourth-order valence-corrected chi connectivity index (χ4v) is 1.73. The summed E-state index contributed by atoms with van der Waals surface area (Å²) in [6, 6.07) is 6.76. The van der Waals surface area contributed by atoms with E-state index >= 15 is 0 Å². The van der Waals surface area contributed by atoms with Crippen molar-refractivity contribution in [3.63, 3.8) is 0 Å². The van der Waals surface area contributed by atoms with Crippen LogP contribution >= 0.6 is 0 Å². The van der Waals surface area contributed by atoms with E-state index in [0.29, 0.717) is 18.0 Å². The number of nitrogens with zero attached hydrogens (tertiary/aromatic N) is 1. The lowest BCUT2D eigenvalue weighted by molar-refractivity contribution is -0.385. The van der Waals surface area contributed by atoms with E-state index in [9.17, 15) is 10.1 Å². The molecule has 0 radical (unpaired) electrons. The van der Waals surface area contributed by atoms with Gasteiger partial charge in [-0.25, -0.2) is 0 Å². The number of hydrogen-bond acceptors (Lipinski definition) is 4. The Kier molecular flexibility index (Phi) is 6.32. The van der Waals surface area contributed by atoms with Gasteiger partial charge in [0.2, 0.25) is 0 Å². The van der Waals surface area contributed by atoms with E-state index in [1.54, 1.807) is 18.2 Å². The van der Waals surface area contributed by atoms with Crippen LogP contribution in [0, 0.1) is 16.0 Å². The SMILES string of the molecule is CC(CO)CCCNCc1ccccc1[N+](=O)[O-]. The molecule has 2 N–H and O–H groups in total. The smallest absolute Gasteiger partial charge is 0.273 e. The topological polar surface area (TPSA) is 75.4 Å². The average molecular weight is 252 g/mol. The summed E-state index contributed by atoms with van der Waals surface area (Å²) in [6.07, 6.45) is 1.92. The zero-order valence-corrected chi connectivity index (χ0v) is 10.6. The molecule has 5 nitrogen and oxygen atoms in total. The Hall–Kier alpha value is -1.46. The van der Waals surface area contributed by atoms with Crippen molar-refractivity contribution in [2.75, 3.05) is 13.2 Å². The maximum Gasteiger partial charge on any atom is 0.273 e. The summed E-state index contributed by atoms with van der Waals surface area (Å²) in [5, 5.41) is 22.9. The van der Waals surface area contributed by atoms with E-state index < -0.39 is 0 Å². The number of nitro benzene ring substituents is 1. The molecule has 0 aliphatic rings. The van der Waals surface area contributed by atoms with Crippen molar-refractivity contribution in [3.8, 4) is 0 Å². The van der Waals surface area contributed by atoms with Crippen molar-refractivity contribution in [1.82, 2.24) is 5.32 Å². The van der Waals surface area contributed by atoms with Gasteiger partial charge < -0.3 is 10.4 Å². The molecular formula is C13H20N2O3. The molecular weight excluding hydrogens is 232 g/mol. The number of aliphatic hydroxyl groups excluding tert-OH is 1. The largest absolute Gasteiger partial charge is 0.396 e. The second-order valence-electron chi connectivity index (χ2n) is 4.49. The van der Waals surface area contributed by atoms with Crippen LogP contribution in [0.25, 0.3) is 0 Å². The third-order valence-electron chi connectivity index (χ3n) is 2.87. The second kappa shape index (κ2) is 7.79. The number of para-hydroxylation sites is 1. The van der Waals surface area contributed by atoms with Gasteiger partial charge in [0.1, 0.15) is 0 Å². The summed E-state index contributed by atoms with van der Waals surface area (Å²) in [7, 11) is 0. The molecule has 0 saturated heterocycles. The lowest BCUT2D eigenvalue weighted by atomic mass is 10.1. The predicted octanol–water partition coefficient (Wildman–Crippen LogP) is 2.09. The third kappa shape index (κ3) is 4.81. The van der Waals surface area contributed by atoms with Crippen molar-refractivity contribution >= 4 is 5.69 Å². The molecule has 0 aromatic heterocycles. The quantitative estimate of drug-likeness (QED) is 0.422. The maximum absolute atomic E-state index is 10.8. The zero-order valence-electron chi connectivity index (χ0n) is 10.6. The molecule has 1 unspecified atom stereocenters. The summed E-state index contributed by atoms with van der Waals surface area (Å²) in [4.78, 5) is 10.4. The van der Waals surface area contributed by atoms with Gasteiger partial charge in [-0.15, -0.1) is 0 Å². The minimum atomic E-state index is -0.356. The first-order valence-corrected chi connectivity index (χ1v) is 6.19. The third-order valence-corrected chi connectivity index (χ3v) is 2.87. The standard InChI is InChI=1S/C13H20N2O3/c1-11(10-16)5-4-8-14-9-12-6-2-3-7-13(12)15(17)18/h2-3,6-7,11,14,16H,4-5,8-10H2,1H3. The van der Waals surface area contributed by atoms with Gasteiger partial charge in [0, 0.05) is 24.8 Å². The highest BCUT2D eigenvalue weighted by atomic mass is 16.6. The normalized spacial score (nSPS) is 12.3. The van der Waals surface area contributed by atoms with Gasteiger partial charge in [-0.3, -0.25) is 10.1 Å². The van der Waals surface area contributed by atoms with Gasteiger partial charge in [0.15, 0.2) is 0 Å². The summed E-state index contributed by atoms with van der Waals surface area (Å²) in [5.74, 6) is 0.317. The Labute approximate surface area is 107 Å². The van der Waals surface area contributed by atoms with E-state index in [4.69, 9.17) is 5.11 Å². The Bertz CT molecular complexity index is 382. The lowest BCUT2D eigenvalue weighted by Crippen LogP contribution is -2.16. The highest BCUT2D eigenvalue weighted by Crippen LogP contribution is 2.17. The van der Waals surface area contributed by atoms with Crippen LogP contribution in [-0.4, -0.2) is 23.2 Å². The molecule has 0 saturated carbocycles. The molecule has 0 aliphatic heterocycles. The predicted molar refractivity (Wildman–Crippen MR) is 70.3 cm³/mol. The van der Waals surface area contributed by atoms with Crippen LogP contribution in [0.4, 0.5) is 5.69 Å². The van der Waals surface area contributed by atoms with Crippen molar-refractivity contribution < 1.29 is 10.0 Å². The van der Waals surface area contributed by atoms with Gasteiger partial charge in [-0.05, 0) is 25.3 Å². The minimum Gasteiger partial charge on any atom is -0.396 e. The molecule has 18 heavy (non-hydrogen) atoms. The van der Waals surface area contributed by atoms with Crippen LogP contribution < -0.4 is 5.32 Å². The molecule has 1 aromatic carbocycles. The Morgan fingerprint density at radius 3 is 2.83 bits per heavy atom. The minimum absolute atomic E-state index is 0.161. The first-order chi connectivity index (χ1) is 8.65. The Morgan fingerprint density at radius 1 is 1.44 bits per heavy atom. The van der Waals surface area contributed by atoms with Crippen LogP contribution in [0.15, 0.2) is 24.3 Å². The second-order valence-corrected chi connectivity index (χ2v) is 4.49. The molecule has 1 aromatic rings. The van der Waals surface area contributed by atoms with Gasteiger partial charge in [-0.2, -0.15) is 0 Å². The van der Waals surface area contributed by atoms with Crippen molar-refractivity contribution in [1.29, 1.82) is 0 Å². The van der Waals surface area contributed by atoms with Crippen molar-refractivity contribution in [2.24, 2.45) is 5.92 Å². The van der Waals surface area contributed by atoms with E-state index in [-0.39, 0.29) is 17.2 Å². The summed E-state index contributed by atoms with van der Waals surface area (Å²) in [6.45, 7) is 3.52. The highest BCUT2D eigenvalue weighted by molar-refractivity contribution is 5.39. The van der Waals surface area contributed by atoms with Crippen LogP contribution in [0.3, 0.4) is 0 Å². The van der Waals surface area contributed by atoms with Crippen LogP contribution in [0.1, 0.15) is 25.3 Å². The first-order valence-electron chi connectivity index (χ1n) is 6.19. The number of rotatable bonds is 8. The summed E-state index contributed by atoms with van der Waals surface area (Å²) in [5.41, 5.74) is 0.867. The molecule has 5 heteroatoms. The van der Waals surface area contributed by atoms with Crippen molar-refractivity contribution in [3.05, 3.63) is 39.9 Å². The summed E-state index contributed by atoms with van der Waals surface area (Å²) < 4.78 is 0. The van der Waals surface area contributed by atoms with Crippen molar-refractivity contribution in [2.45, 2.75) is 26.3 Å². The highest BCUT2D eigenvalue weighted by Gasteiger charge is 2.11. The van der Waals surface area contributed by atoms with Crippen LogP contribution in [0.5, 0.6) is 0 Å². The fourth-order valence-electron chi connectivity index (χ4n) is 1.73. The summed E-state index contributed by atoms with van der Waals surface area (Å²) >= 11 is 0. The van der Waals surface area contributed by atoms with E-state index in [0.717, 1.165) is 19.4 Å². The number of aliphatic hydroxyl groups is 1. The number of nitro groups is 1. The monoisotopic (exact) mass is 252 g/mol. The zero-order chi connectivity index (χ0) is 13.4. The number of benzene rings is 1. The van der Waals surface area contributed by atoms with E-state index in [2.05, 4.69) is 5.32 Å². The molecule has 100 valence electrons. The van der Waals surface area contributed by atoms with Crippen LogP contribution in [0.2, 0.25) is 0 Å². The van der Waals surface area contributed by atoms with Gasteiger partial charge in [0.05, 0.1) is 4.92 Å². The molecule has 0 heterocycles. The van der Waals surface area contributed by atoms with E-state index in [1.165, 1.54) is 6.07 Å². The molecule has 0 spiro atoms. The number of hydrogen-bond donors (Lipinski definition) is 2. The molecule has 1 atom stereocenters. The fraction of sp³-hybridized carbons (Fsp3) is 0.538. The Balaban J connectivity index is 2.33. The maximum atomic E-state index is 10.8. The molecule has 1 rings (SSSR count). The van der Waals surface area contributed by atoms with Crippen LogP contribution in [-0.2, 0) is 6.54 Å². The molecule has 0 amide bonds. The average Bonchev–Trinajstić information content (AvgIpc) is 2.38. The van der Waals surface area contributed by atoms with Gasteiger partial charge in [0.25, 0.3) is 5.69 Å². The molecule has 0 fully saturated rings. The molecule has 0 aliphatic carbocycles. The van der Waals surface area contributed by atoms with Gasteiger partial charge in [-0.1, -0.05) is 25.1 Å². The van der Waals surface area contributed by atoms with Gasteiger partial charge >= 0.3 is 0 Å². The number of nitrogens with one attached hydrogen (secondary N) is 1. The molecule has 0 bridgehead atoms. The first kappa shape index (κ1) is 14.6.